The topological polar surface area (TPSA) is 59.5 Å². The highest BCUT2D eigenvalue weighted by Crippen LogP contribution is 2.24. The minimum absolute atomic E-state index is 0.0326. The van der Waals surface area contributed by atoms with Crippen molar-refractivity contribution in [1.82, 2.24) is 9.29 Å². The fraction of sp³-hybridized carbons (Fsp3) is 0.583. The van der Waals surface area contributed by atoms with Gasteiger partial charge in [0.2, 0.25) is 10.0 Å². The molecule has 1 aliphatic rings. The van der Waals surface area contributed by atoms with Crippen LogP contribution in [0.2, 0.25) is 10.2 Å². The van der Waals surface area contributed by atoms with Crippen molar-refractivity contribution in [2.75, 3.05) is 20.2 Å². The predicted molar refractivity (Wildman–Crippen MR) is 77.7 cm³/mol. The van der Waals surface area contributed by atoms with E-state index >= 15 is 0 Å². The van der Waals surface area contributed by atoms with Gasteiger partial charge in [-0.1, -0.05) is 23.2 Å². The van der Waals surface area contributed by atoms with Crippen LogP contribution >= 0.6 is 23.2 Å². The molecule has 1 fully saturated rings. The van der Waals surface area contributed by atoms with Crippen LogP contribution in [0.4, 0.5) is 0 Å². The molecule has 2 heterocycles. The molecular formula is C12H16Cl2N2O3S. The monoisotopic (exact) mass is 338 g/mol. The fourth-order valence-corrected chi connectivity index (χ4v) is 3.57. The van der Waals surface area contributed by atoms with Crippen molar-refractivity contribution in [2.45, 2.75) is 30.3 Å². The lowest BCUT2D eigenvalue weighted by molar-refractivity contribution is 0.00858. The lowest BCUT2D eigenvalue weighted by atomic mass is 10.1. The van der Waals surface area contributed by atoms with Gasteiger partial charge in [-0.3, -0.25) is 0 Å². The molecule has 0 N–H and O–H groups in total. The molecule has 1 atom stereocenters. The second kappa shape index (κ2) is 6.58. The lowest BCUT2D eigenvalue weighted by Gasteiger charge is -2.27. The van der Waals surface area contributed by atoms with Crippen molar-refractivity contribution < 1.29 is 13.2 Å². The van der Waals surface area contributed by atoms with Gasteiger partial charge in [0, 0.05) is 26.4 Å². The maximum Gasteiger partial charge on any atom is 0.244 e. The smallest absolute Gasteiger partial charge is 0.244 e. The summed E-state index contributed by atoms with van der Waals surface area (Å²) in [6.45, 7) is 1.01. The van der Waals surface area contributed by atoms with Gasteiger partial charge in [-0.15, -0.1) is 0 Å². The summed E-state index contributed by atoms with van der Waals surface area (Å²) in [6, 6.07) is 1.31. The summed E-state index contributed by atoms with van der Waals surface area (Å²) in [5.74, 6) is 0. The third-order valence-electron chi connectivity index (χ3n) is 3.21. The highest BCUT2D eigenvalue weighted by molar-refractivity contribution is 7.89. The Balaban J connectivity index is 2.13. The van der Waals surface area contributed by atoms with Crippen LogP contribution in [0.5, 0.6) is 0 Å². The first kappa shape index (κ1) is 16.0. The molecule has 1 saturated heterocycles. The molecule has 20 heavy (non-hydrogen) atoms. The van der Waals surface area contributed by atoms with E-state index < -0.39 is 10.0 Å². The number of hydrogen-bond donors (Lipinski definition) is 0. The van der Waals surface area contributed by atoms with E-state index in [1.165, 1.54) is 23.6 Å². The van der Waals surface area contributed by atoms with Crippen molar-refractivity contribution in [3.8, 4) is 0 Å². The van der Waals surface area contributed by atoms with Gasteiger partial charge in [0.1, 0.15) is 10.0 Å². The number of nitrogens with zero attached hydrogens (tertiary/aromatic N) is 2. The molecule has 0 aromatic carbocycles. The van der Waals surface area contributed by atoms with Gasteiger partial charge in [-0.05, 0) is 25.3 Å². The van der Waals surface area contributed by atoms with Gasteiger partial charge in [-0.25, -0.2) is 13.4 Å². The minimum atomic E-state index is -3.63. The number of aromatic nitrogens is 1. The van der Waals surface area contributed by atoms with Crippen LogP contribution in [0, 0.1) is 0 Å². The maximum absolute atomic E-state index is 12.4. The molecule has 8 heteroatoms. The summed E-state index contributed by atoms with van der Waals surface area (Å²) in [5.41, 5.74) is 0. The van der Waals surface area contributed by atoms with E-state index in [0.717, 1.165) is 19.3 Å². The Morgan fingerprint density at radius 1 is 1.45 bits per heavy atom. The first-order valence-corrected chi connectivity index (χ1v) is 8.50. The highest BCUT2D eigenvalue weighted by atomic mass is 35.5. The largest absolute Gasteiger partial charge is 0.377 e. The first-order chi connectivity index (χ1) is 9.41. The van der Waals surface area contributed by atoms with Gasteiger partial charge in [0.15, 0.2) is 0 Å². The Bertz CT molecular complexity index is 574. The van der Waals surface area contributed by atoms with E-state index in [1.54, 1.807) is 0 Å². The van der Waals surface area contributed by atoms with Gasteiger partial charge in [0.05, 0.1) is 11.1 Å². The normalized spacial score (nSPS) is 20.3. The Morgan fingerprint density at radius 2 is 2.20 bits per heavy atom. The zero-order chi connectivity index (χ0) is 14.8. The molecule has 0 amide bonds. The Kier molecular flexibility index (Phi) is 5.25. The lowest BCUT2D eigenvalue weighted by Crippen LogP contribution is -2.37. The Labute approximate surface area is 128 Å². The number of likely N-dealkylation sites (N-methyl/N-ethyl adjacent to an activating group) is 1. The van der Waals surface area contributed by atoms with Gasteiger partial charge in [0.25, 0.3) is 0 Å². The van der Waals surface area contributed by atoms with Crippen molar-refractivity contribution >= 4 is 33.2 Å². The van der Waals surface area contributed by atoms with Crippen molar-refractivity contribution in [3.05, 3.63) is 22.4 Å². The summed E-state index contributed by atoms with van der Waals surface area (Å²) in [7, 11) is -2.11. The van der Waals surface area contributed by atoms with Crippen LogP contribution in [0.25, 0.3) is 0 Å². The Morgan fingerprint density at radius 3 is 2.80 bits per heavy atom. The van der Waals surface area contributed by atoms with E-state index in [2.05, 4.69) is 4.98 Å². The van der Waals surface area contributed by atoms with Crippen molar-refractivity contribution in [2.24, 2.45) is 0 Å². The number of hydrogen-bond acceptors (Lipinski definition) is 4. The number of pyridine rings is 1. The molecule has 0 aliphatic carbocycles. The molecule has 2 rings (SSSR count). The molecule has 0 saturated carbocycles. The van der Waals surface area contributed by atoms with Crippen molar-refractivity contribution in [3.63, 3.8) is 0 Å². The third kappa shape index (κ3) is 3.62. The maximum atomic E-state index is 12.4. The summed E-state index contributed by atoms with van der Waals surface area (Å²) in [5, 5.41) is 0.207. The quantitative estimate of drug-likeness (QED) is 0.791. The number of sulfonamides is 1. The van der Waals surface area contributed by atoms with E-state index in [-0.39, 0.29) is 21.2 Å². The molecule has 0 radical (unpaired) electrons. The van der Waals surface area contributed by atoms with E-state index in [4.69, 9.17) is 27.9 Å². The fourth-order valence-electron chi connectivity index (χ4n) is 2.06. The average molecular weight is 339 g/mol. The number of ether oxygens (including phenoxy) is 1. The average Bonchev–Trinajstić information content (AvgIpc) is 2.42. The summed E-state index contributed by atoms with van der Waals surface area (Å²) in [4.78, 5) is 3.80. The van der Waals surface area contributed by atoms with Crippen molar-refractivity contribution in [1.29, 1.82) is 0 Å². The van der Waals surface area contributed by atoms with Crippen LogP contribution in [-0.2, 0) is 14.8 Å². The molecule has 1 aromatic rings. The van der Waals surface area contributed by atoms with Crippen LogP contribution in [0.3, 0.4) is 0 Å². The summed E-state index contributed by atoms with van der Waals surface area (Å²) in [6.07, 6.45) is 4.12. The van der Waals surface area contributed by atoms with Gasteiger partial charge in [-0.2, -0.15) is 4.31 Å². The molecule has 1 aromatic heterocycles. The number of halogens is 2. The standard InChI is InChI=1S/C12H16Cl2N2O3S/c1-16(8-9-4-2-3-5-19-9)20(17,18)10-6-11(13)12(14)15-7-10/h6-7,9H,2-5,8H2,1H3. The molecule has 1 aliphatic heterocycles. The zero-order valence-electron chi connectivity index (χ0n) is 11.1. The molecule has 5 nitrogen and oxygen atoms in total. The summed E-state index contributed by atoms with van der Waals surface area (Å²) < 4.78 is 31.6. The zero-order valence-corrected chi connectivity index (χ0v) is 13.4. The van der Waals surface area contributed by atoms with Gasteiger partial charge >= 0.3 is 0 Å². The number of rotatable bonds is 4. The van der Waals surface area contributed by atoms with Crippen LogP contribution in [-0.4, -0.2) is 44.0 Å². The second-order valence-electron chi connectivity index (χ2n) is 4.72. The van der Waals surface area contributed by atoms with Crippen LogP contribution < -0.4 is 0 Å². The molecule has 1 unspecified atom stereocenters. The van der Waals surface area contributed by atoms with Crippen LogP contribution in [0.15, 0.2) is 17.2 Å². The molecular weight excluding hydrogens is 323 g/mol. The highest BCUT2D eigenvalue weighted by Gasteiger charge is 2.26. The van der Waals surface area contributed by atoms with E-state index in [9.17, 15) is 8.42 Å². The first-order valence-electron chi connectivity index (χ1n) is 6.30. The van der Waals surface area contributed by atoms with E-state index in [1.807, 2.05) is 0 Å². The predicted octanol–water partition coefficient (Wildman–Crippen LogP) is 2.58. The second-order valence-corrected chi connectivity index (χ2v) is 7.53. The molecule has 0 spiro atoms. The van der Waals surface area contributed by atoms with Crippen LogP contribution in [0.1, 0.15) is 19.3 Å². The van der Waals surface area contributed by atoms with Gasteiger partial charge < -0.3 is 4.74 Å². The summed E-state index contributed by atoms with van der Waals surface area (Å²) >= 11 is 11.5. The minimum Gasteiger partial charge on any atom is -0.377 e. The Hall–Kier alpha value is -0.400. The third-order valence-corrected chi connectivity index (χ3v) is 5.69. The van der Waals surface area contributed by atoms with E-state index in [0.29, 0.717) is 13.2 Å². The SMILES string of the molecule is CN(CC1CCCCO1)S(=O)(=O)c1cnc(Cl)c(Cl)c1. The molecule has 0 bridgehead atoms. The molecule has 112 valence electrons.